The third kappa shape index (κ3) is 4.74. The van der Waals surface area contributed by atoms with Crippen LogP contribution in [0.5, 0.6) is 17.2 Å². The van der Waals surface area contributed by atoms with E-state index in [2.05, 4.69) is 0 Å². The van der Waals surface area contributed by atoms with Gasteiger partial charge in [0.25, 0.3) is 0 Å². The highest BCUT2D eigenvalue weighted by molar-refractivity contribution is 5.92. The molecule has 1 heterocycles. The van der Waals surface area contributed by atoms with Gasteiger partial charge in [-0.05, 0) is 65.7 Å². The van der Waals surface area contributed by atoms with Crippen molar-refractivity contribution in [2.45, 2.75) is 0 Å². The molecule has 0 fully saturated rings. The zero-order valence-corrected chi connectivity index (χ0v) is 18.1. The predicted molar refractivity (Wildman–Crippen MR) is 129 cm³/mol. The molecule has 5 nitrogen and oxygen atoms in total. The summed E-state index contributed by atoms with van der Waals surface area (Å²) in [7, 11) is 0. The normalized spacial score (nSPS) is 12.1. The molecule has 4 aromatic carbocycles. The van der Waals surface area contributed by atoms with Crippen molar-refractivity contribution in [3.8, 4) is 17.2 Å². The molecular formula is C29H20O5. The van der Waals surface area contributed by atoms with Crippen LogP contribution in [0.25, 0.3) is 11.6 Å². The molecule has 0 saturated carbocycles. The van der Waals surface area contributed by atoms with Gasteiger partial charge in [-0.25, -0.2) is 9.59 Å². The summed E-state index contributed by atoms with van der Waals surface area (Å²) >= 11 is 0. The van der Waals surface area contributed by atoms with Crippen LogP contribution >= 0.6 is 0 Å². The summed E-state index contributed by atoms with van der Waals surface area (Å²) < 4.78 is 16.8. The van der Waals surface area contributed by atoms with Gasteiger partial charge >= 0.3 is 11.9 Å². The van der Waals surface area contributed by atoms with E-state index >= 15 is 0 Å². The molecule has 0 spiro atoms. The SMILES string of the molecule is O=C(Oc1ccc(C2=Cc3ccc(OC(=O)c4ccccc4)cc3OC2)cc1)c1ccccc1. The lowest BCUT2D eigenvalue weighted by Gasteiger charge is -2.19. The van der Waals surface area contributed by atoms with Crippen molar-refractivity contribution >= 4 is 23.6 Å². The summed E-state index contributed by atoms with van der Waals surface area (Å²) in [6.45, 7) is 0.367. The number of ether oxygens (including phenoxy) is 3. The summed E-state index contributed by atoms with van der Waals surface area (Å²) in [4.78, 5) is 24.5. The van der Waals surface area contributed by atoms with Crippen LogP contribution in [0.1, 0.15) is 31.8 Å². The Bertz CT molecular complexity index is 1360. The third-order valence-corrected chi connectivity index (χ3v) is 5.36. The minimum Gasteiger partial charge on any atom is -0.488 e. The van der Waals surface area contributed by atoms with Gasteiger partial charge in [-0.2, -0.15) is 0 Å². The Morgan fingerprint density at radius 2 is 1.21 bits per heavy atom. The Hall–Kier alpha value is -4.64. The molecule has 0 aromatic heterocycles. The zero-order chi connectivity index (χ0) is 23.3. The Morgan fingerprint density at radius 3 is 1.82 bits per heavy atom. The number of rotatable bonds is 5. The predicted octanol–water partition coefficient (Wildman–Crippen LogP) is 6.06. The number of carbonyl (C=O) groups is 2. The first kappa shape index (κ1) is 21.2. The molecule has 5 rings (SSSR count). The smallest absolute Gasteiger partial charge is 0.343 e. The average molecular weight is 448 g/mol. The molecule has 0 amide bonds. The molecule has 0 radical (unpaired) electrons. The molecule has 0 saturated heterocycles. The van der Waals surface area contributed by atoms with E-state index in [0.29, 0.717) is 35.0 Å². The second-order valence-electron chi connectivity index (χ2n) is 7.69. The van der Waals surface area contributed by atoms with Gasteiger partial charge in [0.15, 0.2) is 0 Å². The molecule has 0 bridgehead atoms. The monoisotopic (exact) mass is 448 g/mol. The minimum absolute atomic E-state index is 0.367. The van der Waals surface area contributed by atoms with E-state index in [4.69, 9.17) is 14.2 Å². The van der Waals surface area contributed by atoms with Gasteiger partial charge in [0.1, 0.15) is 23.9 Å². The average Bonchev–Trinajstić information content (AvgIpc) is 2.90. The van der Waals surface area contributed by atoms with Crippen LogP contribution in [0.4, 0.5) is 0 Å². The van der Waals surface area contributed by atoms with Gasteiger partial charge in [0.05, 0.1) is 11.1 Å². The third-order valence-electron chi connectivity index (χ3n) is 5.36. The Kier molecular flexibility index (Phi) is 5.91. The summed E-state index contributed by atoms with van der Waals surface area (Å²) in [5, 5.41) is 0. The summed E-state index contributed by atoms with van der Waals surface area (Å²) in [5.41, 5.74) is 3.83. The van der Waals surface area contributed by atoms with Crippen LogP contribution in [-0.2, 0) is 0 Å². The van der Waals surface area contributed by atoms with Crippen molar-refractivity contribution in [1.29, 1.82) is 0 Å². The van der Waals surface area contributed by atoms with Crippen LogP contribution in [0, 0.1) is 0 Å². The van der Waals surface area contributed by atoms with Crippen LogP contribution in [0.3, 0.4) is 0 Å². The highest BCUT2D eigenvalue weighted by atomic mass is 16.5. The molecular weight excluding hydrogens is 428 g/mol. The first-order valence-corrected chi connectivity index (χ1v) is 10.8. The molecule has 0 atom stereocenters. The summed E-state index contributed by atoms with van der Waals surface area (Å²) in [5.74, 6) is 0.733. The van der Waals surface area contributed by atoms with Gasteiger partial charge in [0.2, 0.25) is 0 Å². The number of fused-ring (bicyclic) bond motifs is 1. The van der Waals surface area contributed by atoms with Gasteiger partial charge in [-0.3, -0.25) is 0 Å². The lowest BCUT2D eigenvalue weighted by atomic mass is 10.0. The standard InChI is InChI=1S/C29H20O5/c30-28(21-7-3-1-4-8-21)33-25-14-11-20(12-15-25)24-17-23-13-16-26(18-27(23)32-19-24)34-29(31)22-9-5-2-6-10-22/h1-18H,19H2. The second kappa shape index (κ2) is 9.46. The Labute approximate surface area is 196 Å². The van der Waals surface area contributed by atoms with Crippen molar-refractivity contribution < 1.29 is 23.8 Å². The van der Waals surface area contributed by atoms with Crippen molar-refractivity contribution in [2.75, 3.05) is 6.61 Å². The van der Waals surface area contributed by atoms with E-state index in [0.717, 1.165) is 16.7 Å². The van der Waals surface area contributed by atoms with Crippen molar-refractivity contribution in [3.05, 3.63) is 125 Å². The number of benzene rings is 4. The van der Waals surface area contributed by atoms with Gasteiger partial charge in [0, 0.05) is 11.6 Å². The number of esters is 2. The largest absolute Gasteiger partial charge is 0.488 e. The van der Waals surface area contributed by atoms with E-state index in [1.807, 2.05) is 36.4 Å². The van der Waals surface area contributed by atoms with Crippen LogP contribution in [0.2, 0.25) is 0 Å². The van der Waals surface area contributed by atoms with Crippen molar-refractivity contribution in [1.82, 2.24) is 0 Å². The zero-order valence-electron chi connectivity index (χ0n) is 18.1. The number of carbonyl (C=O) groups excluding carboxylic acids is 2. The van der Waals surface area contributed by atoms with Gasteiger partial charge in [-0.15, -0.1) is 0 Å². The number of hydrogen-bond acceptors (Lipinski definition) is 5. The second-order valence-corrected chi connectivity index (χ2v) is 7.69. The molecule has 34 heavy (non-hydrogen) atoms. The first-order valence-electron chi connectivity index (χ1n) is 10.8. The van der Waals surface area contributed by atoms with Gasteiger partial charge < -0.3 is 14.2 Å². The fourth-order valence-corrected chi connectivity index (χ4v) is 3.59. The molecule has 4 aromatic rings. The van der Waals surface area contributed by atoms with Gasteiger partial charge in [-0.1, -0.05) is 48.5 Å². The van der Waals surface area contributed by atoms with E-state index in [9.17, 15) is 9.59 Å². The molecule has 166 valence electrons. The lowest BCUT2D eigenvalue weighted by Crippen LogP contribution is -2.10. The Morgan fingerprint density at radius 1 is 0.647 bits per heavy atom. The van der Waals surface area contributed by atoms with E-state index in [1.54, 1.807) is 72.8 Å². The summed E-state index contributed by atoms with van der Waals surface area (Å²) in [6.07, 6.45) is 2.03. The molecule has 1 aliphatic heterocycles. The Balaban J connectivity index is 1.27. The highest BCUT2D eigenvalue weighted by Crippen LogP contribution is 2.34. The van der Waals surface area contributed by atoms with Crippen molar-refractivity contribution in [3.63, 3.8) is 0 Å². The van der Waals surface area contributed by atoms with Crippen LogP contribution in [0.15, 0.2) is 103 Å². The highest BCUT2D eigenvalue weighted by Gasteiger charge is 2.16. The lowest BCUT2D eigenvalue weighted by molar-refractivity contribution is 0.0725. The molecule has 0 N–H and O–H groups in total. The molecule has 1 aliphatic rings. The molecule has 0 unspecified atom stereocenters. The quantitative estimate of drug-likeness (QED) is 0.274. The maximum absolute atomic E-state index is 12.3. The molecule has 5 heteroatoms. The molecule has 0 aliphatic carbocycles. The maximum Gasteiger partial charge on any atom is 0.343 e. The topological polar surface area (TPSA) is 61.8 Å². The van der Waals surface area contributed by atoms with Crippen molar-refractivity contribution in [2.24, 2.45) is 0 Å². The minimum atomic E-state index is -0.416. The maximum atomic E-state index is 12.3. The fraction of sp³-hybridized carbons (Fsp3) is 0.0345. The first-order chi connectivity index (χ1) is 16.7. The van der Waals surface area contributed by atoms with E-state index in [-0.39, 0.29) is 0 Å². The summed E-state index contributed by atoms with van der Waals surface area (Å²) in [6, 6.07) is 30.3. The fourth-order valence-electron chi connectivity index (χ4n) is 3.59. The van der Waals surface area contributed by atoms with E-state index in [1.165, 1.54) is 0 Å². The van der Waals surface area contributed by atoms with Crippen LogP contribution in [-0.4, -0.2) is 18.5 Å². The number of hydrogen-bond donors (Lipinski definition) is 0. The van der Waals surface area contributed by atoms with Crippen LogP contribution < -0.4 is 14.2 Å². The van der Waals surface area contributed by atoms with E-state index < -0.39 is 11.9 Å².